The van der Waals surface area contributed by atoms with E-state index >= 15 is 0 Å². The molecular formula is C21H24BrNO4. The molecule has 0 unspecified atom stereocenters. The van der Waals surface area contributed by atoms with Gasteiger partial charge in [-0.1, -0.05) is 29.8 Å². The van der Waals surface area contributed by atoms with Gasteiger partial charge in [-0.25, -0.2) is 0 Å². The lowest BCUT2D eigenvalue weighted by Crippen LogP contribution is -2.66. The van der Waals surface area contributed by atoms with E-state index in [4.69, 9.17) is 13.9 Å². The van der Waals surface area contributed by atoms with Gasteiger partial charge in [0, 0.05) is 35.5 Å². The van der Waals surface area contributed by atoms with Crippen LogP contribution in [0.25, 0.3) is 0 Å². The number of fused-ring (bicyclic) bond motifs is 1. The van der Waals surface area contributed by atoms with Crippen LogP contribution in [0.15, 0.2) is 45.3 Å². The molecule has 1 aliphatic heterocycles. The Morgan fingerprint density at radius 2 is 2.00 bits per heavy atom. The van der Waals surface area contributed by atoms with Gasteiger partial charge in [0.05, 0.1) is 6.10 Å². The van der Waals surface area contributed by atoms with E-state index in [0.29, 0.717) is 17.4 Å². The molecule has 6 heteroatoms. The number of amides is 1. The van der Waals surface area contributed by atoms with Crippen molar-refractivity contribution in [3.63, 3.8) is 0 Å². The summed E-state index contributed by atoms with van der Waals surface area (Å²) in [7, 11) is 1.86. The van der Waals surface area contributed by atoms with Crippen molar-refractivity contribution in [2.45, 2.75) is 39.0 Å². The molecule has 5 nitrogen and oxygen atoms in total. The fourth-order valence-corrected chi connectivity index (χ4v) is 4.90. The molecule has 3 atom stereocenters. The van der Waals surface area contributed by atoms with Gasteiger partial charge in [0.15, 0.2) is 5.76 Å². The van der Waals surface area contributed by atoms with Crippen LogP contribution in [-0.4, -0.2) is 36.6 Å². The highest BCUT2D eigenvalue weighted by molar-refractivity contribution is 9.10. The quantitative estimate of drug-likeness (QED) is 0.695. The number of hydrogen-bond acceptors (Lipinski definition) is 4. The first-order valence-electron chi connectivity index (χ1n) is 9.24. The number of furan rings is 1. The Morgan fingerprint density at radius 1 is 1.26 bits per heavy atom. The lowest BCUT2D eigenvalue weighted by molar-refractivity contribution is -0.140. The summed E-state index contributed by atoms with van der Waals surface area (Å²) in [6, 6.07) is 11.3. The summed E-state index contributed by atoms with van der Waals surface area (Å²) in [6.07, 6.45) is 1.27. The number of benzene rings is 1. The molecule has 1 aromatic heterocycles. The van der Waals surface area contributed by atoms with E-state index in [1.54, 1.807) is 12.1 Å². The van der Waals surface area contributed by atoms with Gasteiger partial charge in [-0.2, -0.15) is 0 Å². The Hall–Kier alpha value is -1.79. The van der Waals surface area contributed by atoms with E-state index in [1.807, 2.05) is 36.2 Å². The van der Waals surface area contributed by atoms with Gasteiger partial charge in [-0.15, -0.1) is 0 Å². The number of nitrogens with zero attached hydrogens (tertiary/aromatic N) is 1. The summed E-state index contributed by atoms with van der Waals surface area (Å²) in [4.78, 5) is 14.8. The first kappa shape index (κ1) is 18.6. The summed E-state index contributed by atoms with van der Waals surface area (Å²) in [5.74, 6) is 2.07. The van der Waals surface area contributed by atoms with Crippen LogP contribution < -0.4 is 4.74 Å². The van der Waals surface area contributed by atoms with E-state index in [-0.39, 0.29) is 30.1 Å². The monoisotopic (exact) mass is 433 g/mol. The largest absolute Gasteiger partial charge is 0.486 e. The molecule has 0 N–H and O–H groups in total. The maximum atomic E-state index is 12.9. The minimum absolute atomic E-state index is 0.0360. The molecule has 144 valence electrons. The summed E-state index contributed by atoms with van der Waals surface area (Å²) in [5.41, 5.74) is -0.0360. The zero-order valence-corrected chi connectivity index (χ0v) is 17.4. The van der Waals surface area contributed by atoms with E-state index in [9.17, 15) is 4.79 Å². The van der Waals surface area contributed by atoms with Gasteiger partial charge in [0.25, 0.3) is 5.91 Å². The molecule has 1 saturated carbocycles. The Bertz CT molecular complexity index is 829. The van der Waals surface area contributed by atoms with Crippen molar-refractivity contribution in [3.05, 3.63) is 52.4 Å². The third kappa shape index (κ3) is 3.29. The average molecular weight is 434 g/mol. The van der Waals surface area contributed by atoms with Gasteiger partial charge < -0.3 is 18.8 Å². The van der Waals surface area contributed by atoms with Crippen LogP contribution in [0.4, 0.5) is 0 Å². The first-order valence-corrected chi connectivity index (χ1v) is 10.0. The van der Waals surface area contributed by atoms with E-state index < -0.39 is 0 Å². The van der Waals surface area contributed by atoms with E-state index in [2.05, 4.69) is 29.8 Å². The minimum Gasteiger partial charge on any atom is -0.486 e. The molecule has 2 aliphatic rings. The molecule has 1 saturated heterocycles. The van der Waals surface area contributed by atoms with Crippen molar-refractivity contribution < 1.29 is 18.7 Å². The fourth-order valence-electron chi connectivity index (χ4n) is 4.64. The zero-order valence-electron chi connectivity index (χ0n) is 15.8. The molecule has 1 aliphatic carbocycles. The molecule has 1 aromatic carbocycles. The predicted octanol–water partition coefficient (Wildman–Crippen LogP) is 4.51. The number of halogens is 1. The molecule has 2 fully saturated rings. The lowest BCUT2D eigenvalue weighted by Gasteiger charge is -2.57. The second-order valence-electron chi connectivity index (χ2n) is 7.93. The maximum Gasteiger partial charge on any atom is 0.289 e. The summed E-state index contributed by atoms with van der Waals surface area (Å²) < 4.78 is 18.3. The van der Waals surface area contributed by atoms with Crippen LogP contribution in [0.2, 0.25) is 0 Å². The third-order valence-electron chi connectivity index (χ3n) is 5.84. The van der Waals surface area contributed by atoms with Crippen LogP contribution in [0.3, 0.4) is 0 Å². The topological polar surface area (TPSA) is 51.9 Å². The van der Waals surface area contributed by atoms with Gasteiger partial charge in [0.2, 0.25) is 0 Å². The van der Waals surface area contributed by atoms with Gasteiger partial charge >= 0.3 is 0 Å². The molecular weight excluding hydrogens is 410 g/mol. The molecule has 2 heterocycles. The number of hydrogen-bond donors (Lipinski definition) is 0. The average Bonchev–Trinajstić information content (AvgIpc) is 3.28. The summed E-state index contributed by atoms with van der Waals surface area (Å²) in [6.45, 7) is 5.42. The summed E-state index contributed by atoms with van der Waals surface area (Å²) in [5, 5.41) is 0. The summed E-state index contributed by atoms with van der Waals surface area (Å²) >= 11 is 3.40. The molecule has 0 radical (unpaired) electrons. The zero-order chi connectivity index (χ0) is 19.2. The van der Waals surface area contributed by atoms with Crippen molar-refractivity contribution in [2.75, 3.05) is 13.7 Å². The number of carbonyl (C=O) groups excluding carboxylic acids is 1. The van der Waals surface area contributed by atoms with Crippen LogP contribution in [0.5, 0.6) is 5.75 Å². The smallest absolute Gasteiger partial charge is 0.289 e. The van der Waals surface area contributed by atoms with Crippen molar-refractivity contribution in [1.29, 1.82) is 0 Å². The number of ether oxygens (including phenoxy) is 2. The maximum absolute atomic E-state index is 12.9. The normalized spacial score (nSPS) is 25.6. The molecule has 0 bridgehead atoms. The molecule has 27 heavy (non-hydrogen) atoms. The van der Waals surface area contributed by atoms with Crippen LogP contribution in [-0.2, 0) is 11.3 Å². The number of rotatable bonds is 5. The highest BCUT2D eigenvalue weighted by Crippen LogP contribution is 2.54. The van der Waals surface area contributed by atoms with Crippen molar-refractivity contribution >= 4 is 21.8 Å². The van der Waals surface area contributed by atoms with Crippen molar-refractivity contribution in [1.82, 2.24) is 4.90 Å². The Balaban J connectivity index is 1.40. The second kappa shape index (κ2) is 6.99. The Labute approximate surface area is 167 Å². The van der Waals surface area contributed by atoms with E-state index in [1.165, 1.54) is 0 Å². The van der Waals surface area contributed by atoms with E-state index in [0.717, 1.165) is 23.2 Å². The SMILES string of the molecule is CN(C(=O)c1ccc(COc2ccc(Br)cc2)o1)[C@@H]1[C@@H]2CCO[C@H]2C1(C)C. The van der Waals surface area contributed by atoms with Crippen molar-refractivity contribution in [2.24, 2.45) is 11.3 Å². The molecule has 1 amide bonds. The first-order chi connectivity index (χ1) is 12.9. The highest BCUT2D eigenvalue weighted by atomic mass is 79.9. The Kier molecular flexibility index (Phi) is 4.80. The third-order valence-corrected chi connectivity index (χ3v) is 6.37. The highest BCUT2D eigenvalue weighted by Gasteiger charge is 2.61. The van der Waals surface area contributed by atoms with Crippen LogP contribution in [0.1, 0.15) is 36.6 Å². The van der Waals surface area contributed by atoms with Gasteiger partial charge in [-0.05, 0) is 42.8 Å². The molecule has 2 aromatic rings. The fraction of sp³-hybridized carbons (Fsp3) is 0.476. The lowest BCUT2D eigenvalue weighted by atomic mass is 9.57. The second-order valence-corrected chi connectivity index (χ2v) is 8.85. The van der Waals surface area contributed by atoms with Crippen LogP contribution >= 0.6 is 15.9 Å². The van der Waals surface area contributed by atoms with Crippen LogP contribution in [0, 0.1) is 11.3 Å². The minimum atomic E-state index is -0.0895. The standard InChI is InChI=1S/C21H24BrNO4/c1-21(2)18(16-10-11-25-19(16)21)23(3)20(24)17-9-8-15(27-17)12-26-14-6-4-13(22)5-7-14/h4-9,16,18-19H,10-12H2,1-3H3/t16-,18+,19+/m0/s1. The van der Waals surface area contributed by atoms with Gasteiger partial charge in [-0.3, -0.25) is 4.79 Å². The molecule has 4 rings (SSSR count). The van der Waals surface area contributed by atoms with Crippen molar-refractivity contribution in [3.8, 4) is 5.75 Å². The molecule has 0 spiro atoms. The van der Waals surface area contributed by atoms with Gasteiger partial charge in [0.1, 0.15) is 18.1 Å². The predicted molar refractivity (Wildman–Crippen MR) is 105 cm³/mol. The number of carbonyl (C=O) groups is 1. The Morgan fingerprint density at radius 3 is 2.74 bits per heavy atom.